The molecule has 0 saturated heterocycles. The first kappa shape index (κ1) is 38.2. The molecule has 32 heavy (non-hydrogen) atoms. The number of carbonyl (C=O) groups is 4. The van der Waals surface area contributed by atoms with Crippen LogP contribution in [0.4, 0.5) is 0 Å². The molecular weight excluding hydrogens is 448 g/mol. The number of rotatable bonds is 18. The largest absolute Gasteiger partial charge is 2.00 e. The molecule has 0 aromatic rings. The van der Waals surface area contributed by atoms with Gasteiger partial charge in [-0.2, -0.15) is 0 Å². The van der Waals surface area contributed by atoms with Gasteiger partial charge in [-0.15, -0.1) is 0 Å². The smallest absolute Gasteiger partial charge is 0.550 e. The van der Waals surface area contributed by atoms with E-state index in [1.54, 1.807) is 0 Å². The summed E-state index contributed by atoms with van der Waals surface area (Å²) in [5, 5.41) is 28.1. The summed E-state index contributed by atoms with van der Waals surface area (Å²) in [7, 11) is 0. The second kappa shape index (κ2) is 32.1. The zero-order chi connectivity index (χ0) is 24.3. The molecule has 186 valence electrons. The SMILES string of the molecule is CCCCCCCC(=O)CC(=O)[O-].CCCCCCCC(=O)CC(=O)[O-].CCCCO.[Ti+2]. The van der Waals surface area contributed by atoms with Crippen molar-refractivity contribution in [1.82, 2.24) is 0 Å². The molecule has 0 unspecified atom stereocenters. The van der Waals surface area contributed by atoms with Gasteiger partial charge in [-0.05, 0) is 19.3 Å². The maximum atomic E-state index is 10.9. The Bertz CT molecular complexity index is 414. The Morgan fingerprint density at radius 2 is 0.875 bits per heavy atom. The van der Waals surface area contributed by atoms with E-state index in [1.807, 2.05) is 0 Å². The molecule has 0 radical (unpaired) electrons. The second-order valence-corrected chi connectivity index (χ2v) is 7.58. The van der Waals surface area contributed by atoms with Gasteiger partial charge in [0.2, 0.25) is 0 Å². The van der Waals surface area contributed by atoms with Gasteiger partial charge >= 0.3 is 21.7 Å². The summed E-state index contributed by atoms with van der Waals surface area (Å²) < 4.78 is 0. The van der Waals surface area contributed by atoms with Crippen LogP contribution in [0.25, 0.3) is 0 Å². The zero-order valence-electron chi connectivity index (χ0n) is 20.4. The standard InChI is InChI=1S/2C10H18O3.C4H10O.Ti/c2*1-2-3-4-5-6-7-9(11)8-10(12)13;1-2-3-4-5;/h2*2-8H2,1H3,(H,12,13);5H,2-4H2,1H3;/q;;;+2/p-2. The van der Waals surface area contributed by atoms with Crippen molar-refractivity contribution in [1.29, 1.82) is 0 Å². The fourth-order valence-corrected chi connectivity index (χ4v) is 2.51. The van der Waals surface area contributed by atoms with Crippen LogP contribution in [0, 0.1) is 0 Å². The molecule has 0 fully saturated rings. The number of Topliss-reactive ketones (excluding diaryl/α,β-unsaturated/α-hetero) is 2. The Morgan fingerprint density at radius 3 is 1.09 bits per heavy atom. The van der Waals surface area contributed by atoms with E-state index >= 15 is 0 Å². The van der Waals surface area contributed by atoms with Crippen LogP contribution in [0.15, 0.2) is 0 Å². The number of unbranched alkanes of at least 4 members (excludes halogenated alkanes) is 9. The normalized spacial score (nSPS) is 9.38. The molecule has 8 heteroatoms. The second-order valence-electron chi connectivity index (χ2n) is 7.58. The molecule has 0 aliphatic heterocycles. The number of carboxylic acids is 2. The molecule has 1 N–H and O–H groups in total. The van der Waals surface area contributed by atoms with Crippen molar-refractivity contribution in [2.75, 3.05) is 6.61 Å². The maximum absolute atomic E-state index is 10.9. The maximum Gasteiger partial charge on any atom is 2.00 e. The van der Waals surface area contributed by atoms with Crippen molar-refractivity contribution in [3.8, 4) is 0 Å². The third-order valence-electron chi connectivity index (χ3n) is 4.31. The minimum absolute atomic E-state index is 0. The number of carbonyl (C=O) groups excluding carboxylic acids is 4. The van der Waals surface area contributed by atoms with Crippen LogP contribution in [-0.2, 0) is 40.9 Å². The summed E-state index contributed by atoms with van der Waals surface area (Å²) >= 11 is 0. The molecule has 0 bridgehead atoms. The van der Waals surface area contributed by atoms with Crippen LogP contribution in [0.3, 0.4) is 0 Å². The summed E-state index contributed by atoms with van der Waals surface area (Å²) in [6, 6.07) is 0. The molecule has 0 aromatic carbocycles. The number of aliphatic hydroxyl groups excluding tert-OH is 1. The fourth-order valence-electron chi connectivity index (χ4n) is 2.51. The Kier molecular flexibility index (Phi) is 38.4. The summed E-state index contributed by atoms with van der Waals surface area (Å²) in [6.45, 7) is 6.65. The van der Waals surface area contributed by atoms with E-state index in [0.717, 1.165) is 51.4 Å². The van der Waals surface area contributed by atoms with Gasteiger partial charge in [-0.3, -0.25) is 9.59 Å². The van der Waals surface area contributed by atoms with E-state index < -0.39 is 24.8 Å². The Labute approximate surface area is 209 Å². The number of carboxylic acid groups (broad SMARTS) is 2. The molecule has 0 saturated carbocycles. The predicted molar refractivity (Wildman–Crippen MR) is 118 cm³/mol. The van der Waals surface area contributed by atoms with Crippen LogP contribution in [-0.4, -0.2) is 35.2 Å². The van der Waals surface area contributed by atoms with E-state index in [1.165, 1.54) is 25.7 Å². The van der Waals surface area contributed by atoms with Crippen LogP contribution >= 0.6 is 0 Å². The first-order valence-corrected chi connectivity index (χ1v) is 11.8. The van der Waals surface area contributed by atoms with Crippen LogP contribution in [0.1, 0.15) is 124 Å². The molecule has 0 aliphatic carbocycles. The number of aliphatic carboxylic acids is 2. The monoisotopic (exact) mass is 492 g/mol. The van der Waals surface area contributed by atoms with Crippen molar-refractivity contribution < 1.29 is 56.2 Å². The summed E-state index contributed by atoms with van der Waals surface area (Å²) in [5.41, 5.74) is 0. The molecule has 0 heterocycles. The molecule has 7 nitrogen and oxygen atoms in total. The number of ketones is 2. The van der Waals surface area contributed by atoms with E-state index in [-0.39, 0.29) is 33.3 Å². The fraction of sp³-hybridized carbons (Fsp3) is 0.833. The minimum atomic E-state index is -1.27. The van der Waals surface area contributed by atoms with Crippen molar-refractivity contribution in [3.05, 3.63) is 0 Å². The van der Waals surface area contributed by atoms with E-state index in [2.05, 4.69) is 20.8 Å². The van der Waals surface area contributed by atoms with E-state index in [0.29, 0.717) is 19.4 Å². The van der Waals surface area contributed by atoms with Gasteiger partial charge in [0.05, 0.1) is 0 Å². The number of hydrogen-bond acceptors (Lipinski definition) is 7. The van der Waals surface area contributed by atoms with Gasteiger partial charge in [0.15, 0.2) is 0 Å². The quantitative estimate of drug-likeness (QED) is 0.177. The third-order valence-corrected chi connectivity index (χ3v) is 4.31. The van der Waals surface area contributed by atoms with Crippen molar-refractivity contribution in [3.63, 3.8) is 0 Å². The van der Waals surface area contributed by atoms with E-state index in [9.17, 15) is 29.4 Å². The number of hydrogen-bond donors (Lipinski definition) is 1. The topological polar surface area (TPSA) is 135 Å². The van der Waals surface area contributed by atoms with Gasteiger partial charge in [0.25, 0.3) is 0 Å². The average Bonchev–Trinajstić information content (AvgIpc) is 2.68. The summed E-state index contributed by atoms with van der Waals surface area (Å²) in [6.07, 6.45) is 12.6. The molecule has 0 aliphatic rings. The Balaban J connectivity index is -0.000000198. The molecular formula is C24H44O7Ti. The van der Waals surface area contributed by atoms with Crippen molar-refractivity contribution in [2.45, 2.75) is 124 Å². The van der Waals surface area contributed by atoms with Crippen LogP contribution in [0.5, 0.6) is 0 Å². The third kappa shape index (κ3) is 42.9. The molecule has 0 aromatic heterocycles. The van der Waals surface area contributed by atoms with Gasteiger partial charge in [0.1, 0.15) is 11.6 Å². The van der Waals surface area contributed by atoms with Crippen LogP contribution in [0.2, 0.25) is 0 Å². The Hall–Kier alpha value is -1.05. The Morgan fingerprint density at radius 1 is 0.562 bits per heavy atom. The molecule has 0 spiro atoms. The van der Waals surface area contributed by atoms with Gasteiger partial charge in [-0.25, -0.2) is 0 Å². The number of aliphatic hydroxyl groups is 1. The first-order valence-electron chi connectivity index (χ1n) is 11.8. The van der Waals surface area contributed by atoms with Crippen LogP contribution < -0.4 is 10.2 Å². The molecule has 0 atom stereocenters. The average molecular weight is 492 g/mol. The predicted octanol–water partition coefficient (Wildman–Crippen LogP) is 2.89. The van der Waals surface area contributed by atoms with Gasteiger partial charge < -0.3 is 24.9 Å². The van der Waals surface area contributed by atoms with E-state index in [4.69, 9.17) is 5.11 Å². The molecule has 0 rings (SSSR count). The van der Waals surface area contributed by atoms with Crippen molar-refractivity contribution >= 4 is 23.5 Å². The van der Waals surface area contributed by atoms with Crippen molar-refractivity contribution in [2.24, 2.45) is 0 Å². The van der Waals surface area contributed by atoms with Gasteiger partial charge in [0, 0.05) is 44.2 Å². The minimum Gasteiger partial charge on any atom is -0.550 e. The molecule has 0 amide bonds. The summed E-state index contributed by atoms with van der Waals surface area (Å²) in [5.74, 6) is -2.95. The summed E-state index contributed by atoms with van der Waals surface area (Å²) in [4.78, 5) is 41.8. The first-order chi connectivity index (χ1) is 14.7. The zero-order valence-corrected chi connectivity index (χ0v) is 22.0. The van der Waals surface area contributed by atoms with Gasteiger partial charge in [-0.1, -0.05) is 78.6 Å².